The highest BCUT2D eigenvalue weighted by molar-refractivity contribution is 5.91. The van der Waals surface area contributed by atoms with Crippen LogP contribution in [0.1, 0.15) is 44.0 Å². The number of nitrogens with zero attached hydrogens (tertiary/aromatic N) is 1. The Morgan fingerprint density at radius 1 is 1.00 bits per heavy atom. The van der Waals surface area contributed by atoms with Crippen molar-refractivity contribution in [2.75, 3.05) is 14.2 Å². The molecule has 30 heavy (non-hydrogen) atoms. The van der Waals surface area contributed by atoms with Gasteiger partial charge in [0.2, 0.25) is 0 Å². The molecular weight excluding hydrogens is 376 g/mol. The average Bonchev–Trinajstić information content (AvgIpc) is 2.74. The summed E-state index contributed by atoms with van der Waals surface area (Å²) < 4.78 is 11.0. The maximum atomic E-state index is 13.0. The molecule has 0 fully saturated rings. The molecule has 0 saturated heterocycles. The Labute approximate surface area is 176 Å². The van der Waals surface area contributed by atoms with Crippen molar-refractivity contribution in [2.24, 2.45) is 0 Å². The van der Waals surface area contributed by atoms with Crippen LogP contribution in [0.4, 0.5) is 0 Å². The first-order chi connectivity index (χ1) is 14.0. The van der Waals surface area contributed by atoms with Crippen LogP contribution >= 0.6 is 0 Å². The lowest BCUT2D eigenvalue weighted by Crippen LogP contribution is -2.17. The SMILES string of the molecule is C.COc1cc2c(C(C)C)[nH]c(=O)c(Cc3cnc4ccccc4c3)c2cc1OC. The lowest BCUT2D eigenvalue weighted by atomic mass is 9.95. The van der Waals surface area contributed by atoms with Gasteiger partial charge in [-0.25, -0.2) is 0 Å². The van der Waals surface area contributed by atoms with Gasteiger partial charge in [-0.15, -0.1) is 0 Å². The predicted molar refractivity (Wildman–Crippen MR) is 123 cm³/mol. The molecule has 0 unspecified atom stereocenters. The second-order valence-electron chi connectivity index (χ2n) is 7.47. The van der Waals surface area contributed by atoms with Crippen molar-refractivity contribution >= 4 is 21.7 Å². The third-order valence-electron chi connectivity index (χ3n) is 5.27. The number of fused-ring (bicyclic) bond motifs is 2. The Morgan fingerprint density at radius 2 is 1.67 bits per heavy atom. The highest BCUT2D eigenvalue weighted by Gasteiger charge is 2.17. The van der Waals surface area contributed by atoms with Crippen LogP contribution in [-0.2, 0) is 6.42 Å². The molecular formula is C25H28N2O3. The Kier molecular flexibility index (Phi) is 6.11. The largest absolute Gasteiger partial charge is 0.493 e. The van der Waals surface area contributed by atoms with Crippen molar-refractivity contribution in [3.05, 3.63) is 75.8 Å². The van der Waals surface area contributed by atoms with Crippen molar-refractivity contribution in [3.8, 4) is 11.5 Å². The molecule has 0 aliphatic carbocycles. The van der Waals surface area contributed by atoms with Gasteiger partial charge in [-0.2, -0.15) is 0 Å². The summed E-state index contributed by atoms with van der Waals surface area (Å²) in [5, 5.41) is 2.91. The van der Waals surface area contributed by atoms with Crippen LogP contribution in [0.5, 0.6) is 11.5 Å². The van der Waals surface area contributed by atoms with E-state index >= 15 is 0 Å². The Morgan fingerprint density at radius 3 is 2.33 bits per heavy atom. The summed E-state index contributed by atoms with van der Waals surface area (Å²) in [7, 11) is 3.22. The number of benzene rings is 2. The Hall–Kier alpha value is -3.34. The molecule has 4 rings (SSSR count). The first-order valence-electron chi connectivity index (χ1n) is 9.66. The third-order valence-corrected chi connectivity index (χ3v) is 5.27. The summed E-state index contributed by atoms with van der Waals surface area (Å²) in [4.78, 5) is 20.7. The molecule has 0 spiro atoms. The van der Waals surface area contributed by atoms with E-state index in [1.54, 1.807) is 14.2 Å². The first kappa shape index (κ1) is 21.4. The summed E-state index contributed by atoms with van der Waals surface area (Å²) in [5.41, 5.74) is 3.44. The quantitative estimate of drug-likeness (QED) is 0.481. The second-order valence-corrected chi connectivity index (χ2v) is 7.47. The van der Waals surface area contributed by atoms with Crippen molar-refractivity contribution in [3.63, 3.8) is 0 Å². The Bertz CT molecular complexity index is 1260. The summed E-state index contributed by atoms with van der Waals surface area (Å²) in [6.45, 7) is 4.13. The number of pyridine rings is 2. The lowest BCUT2D eigenvalue weighted by Gasteiger charge is -2.16. The van der Waals surface area contributed by atoms with Crippen molar-refractivity contribution in [1.29, 1.82) is 0 Å². The van der Waals surface area contributed by atoms with Crippen LogP contribution in [0, 0.1) is 0 Å². The smallest absolute Gasteiger partial charge is 0.252 e. The van der Waals surface area contributed by atoms with Crippen LogP contribution in [0.3, 0.4) is 0 Å². The van der Waals surface area contributed by atoms with Crippen molar-refractivity contribution in [1.82, 2.24) is 9.97 Å². The minimum Gasteiger partial charge on any atom is -0.493 e. The number of H-pyrrole nitrogens is 1. The van der Waals surface area contributed by atoms with E-state index < -0.39 is 0 Å². The number of nitrogens with one attached hydrogen (secondary N) is 1. The van der Waals surface area contributed by atoms with E-state index in [1.807, 2.05) is 42.6 Å². The van der Waals surface area contributed by atoms with Gasteiger partial charge in [0.25, 0.3) is 5.56 Å². The van der Waals surface area contributed by atoms with Gasteiger partial charge in [0.05, 0.1) is 19.7 Å². The van der Waals surface area contributed by atoms with E-state index in [2.05, 4.69) is 29.9 Å². The normalized spacial score (nSPS) is 11.0. The van der Waals surface area contributed by atoms with E-state index in [0.29, 0.717) is 23.5 Å². The van der Waals surface area contributed by atoms with E-state index in [9.17, 15) is 4.79 Å². The number of aromatic nitrogens is 2. The van der Waals surface area contributed by atoms with Gasteiger partial charge < -0.3 is 14.5 Å². The Balaban J connectivity index is 0.00000256. The number of hydrogen-bond donors (Lipinski definition) is 1. The second kappa shape index (κ2) is 8.57. The fourth-order valence-electron chi connectivity index (χ4n) is 3.79. The molecule has 0 saturated carbocycles. The number of hydrogen-bond acceptors (Lipinski definition) is 4. The molecule has 4 aromatic rings. The molecule has 0 bridgehead atoms. The summed E-state index contributed by atoms with van der Waals surface area (Å²) in [6, 6.07) is 13.9. The predicted octanol–water partition coefficient (Wildman–Crippen LogP) is 5.44. The minimum absolute atomic E-state index is 0. The molecule has 2 aromatic heterocycles. The van der Waals surface area contributed by atoms with Crippen LogP contribution in [0.2, 0.25) is 0 Å². The van der Waals surface area contributed by atoms with Crippen LogP contribution in [0.15, 0.2) is 53.5 Å². The van der Waals surface area contributed by atoms with E-state index in [1.165, 1.54) is 0 Å². The number of methoxy groups -OCH3 is 2. The molecule has 5 heteroatoms. The number of ether oxygens (including phenoxy) is 2. The van der Waals surface area contributed by atoms with E-state index in [0.717, 1.165) is 32.9 Å². The van der Waals surface area contributed by atoms with Gasteiger partial charge in [-0.3, -0.25) is 9.78 Å². The maximum absolute atomic E-state index is 13.0. The molecule has 5 nitrogen and oxygen atoms in total. The highest BCUT2D eigenvalue weighted by atomic mass is 16.5. The van der Waals surface area contributed by atoms with Crippen LogP contribution in [0.25, 0.3) is 21.7 Å². The van der Waals surface area contributed by atoms with Gasteiger partial charge in [0.1, 0.15) is 0 Å². The van der Waals surface area contributed by atoms with Gasteiger partial charge >= 0.3 is 0 Å². The first-order valence-corrected chi connectivity index (χ1v) is 9.66. The van der Waals surface area contributed by atoms with Crippen molar-refractivity contribution < 1.29 is 9.47 Å². The maximum Gasteiger partial charge on any atom is 0.252 e. The van der Waals surface area contributed by atoms with E-state index in [4.69, 9.17) is 9.47 Å². The summed E-state index contributed by atoms with van der Waals surface area (Å²) in [5.74, 6) is 1.42. The highest BCUT2D eigenvalue weighted by Crippen LogP contribution is 2.36. The molecule has 0 aliphatic heterocycles. The zero-order chi connectivity index (χ0) is 20.5. The van der Waals surface area contributed by atoms with E-state index in [-0.39, 0.29) is 18.9 Å². The lowest BCUT2D eigenvalue weighted by molar-refractivity contribution is 0.356. The third kappa shape index (κ3) is 3.75. The molecule has 0 atom stereocenters. The van der Waals surface area contributed by atoms with Gasteiger partial charge in [0.15, 0.2) is 11.5 Å². The zero-order valence-electron chi connectivity index (χ0n) is 17.1. The fourth-order valence-corrected chi connectivity index (χ4v) is 3.79. The fraction of sp³-hybridized carbons (Fsp3) is 0.280. The topological polar surface area (TPSA) is 64.2 Å². The number of aromatic amines is 1. The molecule has 0 radical (unpaired) electrons. The summed E-state index contributed by atoms with van der Waals surface area (Å²) in [6.07, 6.45) is 2.32. The van der Waals surface area contributed by atoms with Crippen LogP contribution in [-0.4, -0.2) is 24.2 Å². The monoisotopic (exact) mass is 404 g/mol. The zero-order valence-corrected chi connectivity index (χ0v) is 17.1. The average molecular weight is 405 g/mol. The standard InChI is InChI=1S/C24H24N2O3.CH4/c1-14(2)23-18-12-22(29-4)21(28-3)11-17(18)19(24(27)26-23)10-15-9-16-7-5-6-8-20(16)25-13-15;/h5-9,11-14H,10H2,1-4H3,(H,26,27);1H4. The molecule has 2 aromatic carbocycles. The van der Waals surface area contributed by atoms with Gasteiger partial charge in [-0.05, 0) is 41.1 Å². The molecule has 156 valence electrons. The van der Waals surface area contributed by atoms with Gasteiger partial charge in [0, 0.05) is 34.6 Å². The molecule has 2 heterocycles. The van der Waals surface area contributed by atoms with Crippen LogP contribution < -0.4 is 15.0 Å². The molecule has 1 N–H and O–H groups in total. The van der Waals surface area contributed by atoms with Crippen molar-refractivity contribution in [2.45, 2.75) is 33.6 Å². The number of rotatable bonds is 5. The molecule has 0 amide bonds. The minimum atomic E-state index is -0.0819. The van der Waals surface area contributed by atoms with Gasteiger partial charge in [-0.1, -0.05) is 39.5 Å². The number of para-hydroxylation sites is 1. The summed E-state index contributed by atoms with van der Waals surface area (Å²) >= 11 is 0. The molecule has 0 aliphatic rings.